The third-order valence-electron chi connectivity index (χ3n) is 4.32. The molecule has 3 aliphatic heterocycles. The molecule has 3 rings (SSSR count). The number of carbonyl (C=O) groups is 1. The molecular formula is C12H22N2O2+2. The molecule has 4 heteroatoms. The first-order valence-electron chi connectivity index (χ1n) is 6.05. The number of ether oxygens (including phenoxy) is 1. The number of hydrogen-bond acceptors (Lipinski definition) is 2. The van der Waals surface area contributed by atoms with Gasteiger partial charge in [-0.3, -0.25) is 0 Å². The molecule has 16 heavy (non-hydrogen) atoms. The minimum Gasteiger partial charge on any atom is -0.457 e. The Morgan fingerprint density at radius 3 is 2.31 bits per heavy atom. The van der Waals surface area contributed by atoms with E-state index in [-0.39, 0.29) is 5.97 Å². The zero-order chi connectivity index (χ0) is 11.6. The minimum absolute atomic E-state index is 0.298. The van der Waals surface area contributed by atoms with E-state index in [9.17, 15) is 4.79 Å². The van der Waals surface area contributed by atoms with Crippen LogP contribution in [0, 0.1) is 0 Å². The van der Waals surface area contributed by atoms with Crippen molar-refractivity contribution in [1.29, 1.82) is 0 Å². The summed E-state index contributed by atoms with van der Waals surface area (Å²) in [6.07, 6.45) is 1.24. The van der Waals surface area contributed by atoms with Crippen molar-refractivity contribution >= 4 is 5.97 Å². The van der Waals surface area contributed by atoms with Crippen molar-refractivity contribution in [2.75, 3.05) is 59.5 Å². The third kappa shape index (κ3) is 2.28. The average Bonchev–Trinajstić information content (AvgIpc) is 2.31. The maximum absolute atomic E-state index is 11.0. The van der Waals surface area contributed by atoms with Gasteiger partial charge in [0.05, 0.1) is 7.05 Å². The number of esters is 1. The Balaban J connectivity index is 1.81. The predicted molar refractivity (Wildman–Crippen MR) is 61.7 cm³/mol. The van der Waals surface area contributed by atoms with Gasteiger partial charge in [0.2, 0.25) is 0 Å². The fourth-order valence-electron chi connectivity index (χ4n) is 2.77. The molecule has 0 N–H and O–H groups in total. The van der Waals surface area contributed by atoms with Crippen LogP contribution >= 0.6 is 0 Å². The Labute approximate surface area is 97.3 Å². The summed E-state index contributed by atoms with van der Waals surface area (Å²) in [6, 6.07) is 0. The number of quaternary nitrogens is 2. The van der Waals surface area contributed by atoms with Crippen LogP contribution in [0.15, 0.2) is 12.7 Å². The molecule has 3 heterocycles. The zero-order valence-electron chi connectivity index (χ0n) is 10.2. The molecule has 0 aromatic heterocycles. The van der Waals surface area contributed by atoms with Crippen LogP contribution in [0.25, 0.3) is 0 Å². The molecule has 2 bridgehead atoms. The Morgan fingerprint density at radius 1 is 1.25 bits per heavy atom. The molecule has 0 unspecified atom stereocenters. The Hall–Kier alpha value is -0.870. The van der Waals surface area contributed by atoms with E-state index in [2.05, 4.69) is 13.6 Å². The largest absolute Gasteiger partial charge is 0.457 e. The van der Waals surface area contributed by atoms with Crippen LogP contribution in [0.4, 0.5) is 0 Å². The second-order valence-electron chi connectivity index (χ2n) is 5.40. The van der Waals surface area contributed by atoms with Gasteiger partial charge < -0.3 is 13.7 Å². The molecule has 0 atom stereocenters. The lowest BCUT2D eigenvalue weighted by atomic mass is 10.1. The Kier molecular flexibility index (Phi) is 3.04. The van der Waals surface area contributed by atoms with Crippen molar-refractivity contribution in [2.45, 2.75) is 0 Å². The van der Waals surface area contributed by atoms with E-state index in [0.717, 1.165) is 11.0 Å². The van der Waals surface area contributed by atoms with E-state index >= 15 is 0 Å². The summed E-state index contributed by atoms with van der Waals surface area (Å²) in [5, 5.41) is 0. The van der Waals surface area contributed by atoms with Crippen molar-refractivity contribution in [3.8, 4) is 0 Å². The number of fused-ring (bicyclic) bond motifs is 3. The van der Waals surface area contributed by atoms with Gasteiger partial charge in [0.15, 0.2) is 0 Å². The number of hydrogen-bond donors (Lipinski definition) is 0. The molecule has 0 aliphatic carbocycles. The molecule has 3 fully saturated rings. The van der Waals surface area contributed by atoms with Crippen LogP contribution in [-0.2, 0) is 9.53 Å². The molecular weight excluding hydrogens is 204 g/mol. The fraction of sp³-hybridized carbons (Fsp3) is 0.750. The minimum atomic E-state index is -0.298. The summed E-state index contributed by atoms with van der Waals surface area (Å²) in [6.45, 7) is 12.4. The zero-order valence-corrected chi connectivity index (χ0v) is 10.2. The molecule has 0 amide bonds. The van der Waals surface area contributed by atoms with Crippen LogP contribution < -0.4 is 0 Å². The van der Waals surface area contributed by atoms with Crippen LogP contribution in [-0.4, -0.2) is 74.4 Å². The Bertz CT molecular complexity index is 277. The highest BCUT2D eigenvalue weighted by molar-refractivity contribution is 5.81. The van der Waals surface area contributed by atoms with Gasteiger partial charge >= 0.3 is 5.97 Å². The van der Waals surface area contributed by atoms with Gasteiger partial charge in [-0.1, -0.05) is 6.58 Å². The first-order chi connectivity index (χ1) is 7.58. The van der Waals surface area contributed by atoms with E-state index in [1.807, 2.05) is 0 Å². The quantitative estimate of drug-likeness (QED) is 0.383. The maximum Gasteiger partial charge on any atom is 0.330 e. The second kappa shape index (κ2) is 4.18. The van der Waals surface area contributed by atoms with Gasteiger partial charge in [0.25, 0.3) is 0 Å². The summed E-state index contributed by atoms with van der Waals surface area (Å²) in [4.78, 5) is 11.0. The summed E-state index contributed by atoms with van der Waals surface area (Å²) < 4.78 is 7.48. The molecule has 0 aromatic rings. The van der Waals surface area contributed by atoms with Crippen molar-refractivity contribution in [1.82, 2.24) is 0 Å². The van der Waals surface area contributed by atoms with Crippen LogP contribution in [0.3, 0.4) is 0 Å². The number of piperazine rings is 3. The van der Waals surface area contributed by atoms with Crippen molar-refractivity contribution in [3.63, 3.8) is 0 Å². The molecule has 0 saturated carbocycles. The molecule has 0 spiro atoms. The molecule has 3 aliphatic rings. The lowest BCUT2D eigenvalue weighted by Gasteiger charge is -2.53. The SMILES string of the molecule is C=CC(=O)OCC[N+]12CC[N+](C)(CC1)CC2. The summed E-state index contributed by atoms with van der Waals surface area (Å²) in [5.41, 5.74) is 0. The monoisotopic (exact) mass is 226 g/mol. The van der Waals surface area contributed by atoms with Gasteiger partial charge in [-0.25, -0.2) is 4.79 Å². The summed E-state index contributed by atoms with van der Waals surface area (Å²) in [5.74, 6) is -0.298. The molecule has 0 aromatic carbocycles. The van der Waals surface area contributed by atoms with Gasteiger partial charge in [0.1, 0.15) is 52.4 Å². The van der Waals surface area contributed by atoms with Crippen molar-refractivity contribution in [3.05, 3.63) is 12.7 Å². The number of rotatable bonds is 4. The fourth-order valence-corrected chi connectivity index (χ4v) is 2.77. The standard InChI is InChI=1S/C12H22N2O2/c1-3-12(15)16-11-10-14-7-4-13(2,5-8-14)6-9-14/h3H,1,4-11H2,2H3/q+2. The van der Waals surface area contributed by atoms with Gasteiger partial charge in [-0.05, 0) is 0 Å². The molecule has 90 valence electrons. The van der Waals surface area contributed by atoms with Gasteiger partial charge in [-0.15, -0.1) is 0 Å². The van der Waals surface area contributed by atoms with Crippen LogP contribution in [0.5, 0.6) is 0 Å². The second-order valence-corrected chi connectivity index (χ2v) is 5.40. The van der Waals surface area contributed by atoms with E-state index in [4.69, 9.17) is 4.74 Å². The van der Waals surface area contributed by atoms with Gasteiger partial charge in [-0.2, -0.15) is 0 Å². The topological polar surface area (TPSA) is 26.3 Å². The smallest absolute Gasteiger partial charge is 0.330 e. The normalized spacial score (nSPS) is 37.1. The van der Waals surface area contributed by atoms with E-state index in [0.29, 0.717) is 6.61 Å². The lowest BCUT2D eigenvalue weighted by Crippen LogP contribution is -2.74. The highest BCUT2D eigenvalue weighted by atomic mass is 16.5. The first-order valence-corrected chi connectivity index (χ1v) is 6.05. The first kappa shape index (κ1) is 11.6. The predicted octanol–water partition coefficient (Wildman–Crippen LogP) is 0.00620. The molecule has 3 saturated heterocycles. The maximum atomic E-state index is 11.0. The third-order valence-corrected chi connectivity index (χ3v) is 4.32. The van der Waals surface area contributed by atoms with E-state index in [1.54, 1.807) is 0 Å². The summed E-state index contributed by atoms with van der Waals surface area (Å²) >= 11 is 0. The van der Waals surface area contributed by atoms with Gasteiger partial charge in [0, 0.05) is 6.08 Å². The number of likely N-dealkylation sites (N-methyl/N-ethyl adjacent to an activating group) is 1. The number of nitrogens with zero attached hydrogens (tertiary/aromatic N) is 2. The number of carbonyl (C=O) groups excluding carboxylic acids is 1. The highest BCUT2D eigenvalue weighted by Gasteiger charge is 2.46. The Morgan fingerprint density at radius 2 is 1.81 bits per heavy atom. The molecule has 0 radical (unpaired) electrons. The van der Waals surface area contributed by atoms with Crippen molar-refractivity contribution < 1.29 is 18.5 Å². The van der Waals surface area contributed by atoms with Crippen LogP contribution in [0.1, 0.15) is 0 Å². The van der Waals surface area contributed by atoms with E-state index < -0.39 is 0 Å². The highest BCUT2D eigenvalue weighted by Crippen LogP contribution is 2.24. The van der Waals surface area contributed by atoms with Crippen LogP contribution in [0.2, 0.25) is 0 Å². The lowest BCUT2D eigenvalue weighted by molar-refractivity contribution is -1.07. The average molecular weight is 226 g/mol. The summed E-state index contributed by atoms with van der Waals surface area (Å²) in [7, 11) is 2.35. The van der Waals surface area contributed by atoms with Crippen molar-refractivity contribution in [2.24, 2.45) is 0 Å². The van der Waals surface area contributed by atoms with E-state index in [1.165, 1.54) is 49.8 Å². The molecule has 4 nitrogen and oxygen atoms in total.